The van der Waals surface area contributed by atoms with Crippen molar-refractivity contribution in [1.82, 2.24) is 20.2 Å². The molecule has 2 aliphatic heterocycles. The molecule has 0 radical (unpaired) electrons. The summed E-state index contributed by atoms with van der Waals surface area (Å²) in [7, 11) is 3.05. The van der Waals surface area contributed by atoms with Crippen LogP contribution in [-0.2, 0) is 24.7 Å². The predicted octanol–water partition coefficient (Wildman–Crippen LogP) is 4.60. The number of benzene rings is 3. The van der Waals surface area contributed by atoms with Crippen LogP contribution < -0.4 is 20.1 Å². The number of imidazole rings is 1. The minimum Gasteiger partial charge on any atom is -0.497 e. The molecule has 0 aliphatic carbocycles. The maximum Gasteiger partial charge on any atom is 0.471 e. The molecule has 4 aromatic rings. The van der Waals surface area contributed by atoms with Gasteiger partial charge in [0.25, 0.3) is 0 Å². The van der Waals surface area contributed by atoms with Gasteiger partial charge in [0.2, 0.25) is 5.91 Å². The number of ketones is 1. The third kappa shape index (κ3) is 7.44. The van der Waals surface area contributed by atoms with Gasteiger partial charge in [-0.05, 0) is 41.0 Å². The SMILES string of the molecule is COc1ccc(C(OC[C@H]2O[C@@H](n3cnc4c3N=C(NC(=O)C(C)C)CC4=O)[C@H](O)[C@@H]2NC(=O)C(F)(F)F)(c2ccccc2)c2ccc(OC)cc2)cc1. The van der Waals surface area contributed by atoms with Gasteiger partial charge in [-0.25, -0.2) is 9.98 Å². The van der Waals surface area contributed by atoms with E-state index in [4.69, 9.17) is 18.9 Å². The summed E-state index contributed by atoms with van der Waals surface area (Å²) in [6, 6.07) is 21.5. The fourth-order valence-corrected chi connectivity index (χ4v) is 6.42. The van der Waals surface area contributed by atoms with E-state index >= 15 is 0 Å². The molecular formula is C38H38F3N5O8. The second-order valence-electron chi connectivity index (χ2n) is 13.0. The molecule has 3 aromatic carbocycles. The third-order valence-electron chi connectivity index (χ3n) is 9.23. The molecule has 4 atom stereocenters. The number of aliphatic hydroxyl groups excluding tert-OH is 1. The molecule has 2 amide bonds. The lowest BCUT2D eigenvalue weighted by Gasteiger charge is -2.37. The molecule has 3 heterocycles. The van der Waals surface area contributed by atoms with E-state index in [2.05, 4.69) is 15.3 Å². The van der Waals surface area contributed by atoms with Crippen LogP contribution in [0.2, 0.25) is 0 Å². The van der Waals surface area contributed by atoms with Crippen LogP contribution in [0.1, 0.15) is 53.7 Å². The number of aliphatic hydroxyl groups is 1. The summed E-state index contributed by atoms with van der Waals surface area (Å²) in [5, 5.41) is 16.1. The van der Waals surface area contributed by atoms with Gasteiger partial charge in [0, 0.05) is 5.92 Å². The van der Waals surface area contributed by atoms with Crippen LogP contribution >= 0.6 is 0 Å². The fraction of sp³-hybridized carbons (Fsp3) is 0.342. The number of hydrogen-bond donors (Lipinski definition) is 3. The van der Waals surface area contributed by atoms with Crippen molar-refractivity contribution in [3.05, 3.63) is 108 Å². The number of rotatable bonds is 11. The largest absolute Gasteiger partial charge is 0.497 e. The molecule has 1 fully saturated rings. The highest BCUT2D eigenvalue weighted by atomic mass is 19.4. The first-order valence-electron chi connectivity index (χ1n) is 16.9. The Hall–Kier alpha value is -5.58. The van der Waals surface area contributed by atoms with Gasteiger partial charge < -0.3 is 34.7 Å². The number of carbonyl (C=O) groups is 3. The second kappa shape index (κ2) is 15.4. The maximum absolute atomic E-state index is 13.7. The van der Waals surface area contributed by atoms with Crippen molar-refractivity contribution in [3.8, 4) is 11.5 Å². The molecule has 54 heavy (non-hydrogen) atoms. The smallest absolute Gasteiger partial charge is 0.471 e. The number of aliphatic imine (C=N–C) groups is 1. The summed E-state index contributed by atoms with van der Waals surface area (Å²) in [6.07, 6.45) is -9.12. The minimum absolute atomic E-state index is 0.0221. The van der Waals surface area contributed by atoms with Crippen LogP contribution in [0.4, 0.5) is 19.0 Å². The molecule has 3 N–H and O–H groups in total. The number of hydrogen-bond acceptors (Lipinski definition) is 10. The zero-order valence-electron chi connectivity index (χ0n) is 29.7. The van der Waals surface area contributed by atoms with E-state index in [1.54, 1.807) is 74.5 Å². The molecule has 0 bridgehead atoms. The third-order valence-corrected chi connectivity index (χ3v) is 9.23. The summed E-state index contributed by atoms with van der Waals surface area (Å²) < 4.78 is 66.0. The molecule has 1 aromatic heterocycles. The van der Waals surface area contributed by atoms with Gasteiger partial charge in [0.15, 0.2) is 23.5 Å². The van der Waals surface area contributed by atoms with Crippen LogP contribution in [0.3, 0.4) is 0 Å². The van der Waals surface area contributed by atoms with E-state index in [1.165, 1.54) is 18.8 Å². The van der Waals surface area contributed by atoms with Gasteiger partial charge in [-0.15, -0.1) is 0 Å². The molecule has 284 valence electrons. The number of halogens is 3. The lowest BCUT2D eigenvalue weighted by molar-refractivity contribution is -0.175. The van der Waals surface area contributed by atoms with E-state index in [0.717, 1.165) is 6.33 Å². The lowest BCUT2D eigenvalue weighted by atomic mass is 9.80. The number of alkyl halides is 3. The summed E-state index contributed by atoms with van der Waals surface area (Å²) in [5.41, 5.74) is 0.334. The molecule has 0 unspecified atom stereocenters. The van der Waals surface area contributed by atoms with E-state index < -0.39 is 66.4 Å². The Kier molecular flexibility index (Phi) is 10.9. The molecular weight excluding hydrogens is 711 g/mol. The van der Waals surface area contributed by atoms with Crippen LogP contribution in [-0.4, -0.2) is 83.3 Å². The van der Waals surface area contributed by atoms with Crippen LogP contribution in [0.15, 0.2) is 90.2 Å². The highest BCUT2D eigenvalue weighted by Crippen LogP contribution is 2.43. The quantitative estimate of drug-likeness (QED) is 0.186. The Labute approximate surface area is 308 Å². The first kappa shape index (κ1) is 38.2. The molecule has 0 spiro atoms. The highest BCUT2D eigenvalue weighted by molar-refractivity contribution is 6.16. The molecule has 2 aliphatic rings. The lowest BCUT2D eigenvalue weighted by Crippen LogP contribution is -2.53. The van der Waals surface area contributed by atoms with Crippen molar-refractivity contribution < 1.29 is 51.6 Å². The van der Waals surface area contributed by atoms with E-state index in [9.17, 15) is 32.7 Å². The van der Waals surface area contributed by atoms with Crippen molar-refractivity contribution in [1.29, 1.82) is 0 Å². The Morgan fingerprint density at radius 3 is 2.06 bits per heavy atom. The number of aromatic nitrogens is 2. The Morgan fingerprint density at radius 2 is 1.52 bits per heavy atom. The first-order valence-corrected chi connectivity index (χ1v) is 16.9. The zero-order chi connectivity index (χ0) is 38.8. The molecule has 13 nitrogen and oxygen atoms in total. The van der Waals surface area contributed by atoms with Crippen molar-refractivity contribution in [3.63, 3.8) is 0 Å². The Balaban J connectivity index is 1.42. The number of methoxy groups -OCH3 is 2. The monoisotopic (exact) mass is 749 g/mol. The van der Waals surface area contributed by atoms with Crippen LogP contribution in [0, 0.1) is 5.92 Å². The Bertz CT molecular complexity index is 1970. The summed E-state index contributed by atoms with van der Waals surface area (Å²) in [5.74, 6) is -2.55. The summed E-state index contributed by atoms with van der Waals surface area (Å²) in [4.78, 5) is 46.3. The van der Waals surface area contributed by atoms with Crippen LogP contribution in [0.25, 0.3) is 0 Å². The van der Waals surface area contributed by atoms with Crippen molar-refractivity contribution in [2.45, 2.75) is 56.5 Å². The average Bonchev–Trinajstić information content (AvgIpc) is 3.72. The molecule has 6 rings (SSSR count). The van der Waals surface area contributed by atoms with Crippen molar-refractivity contribution in [2.75, 3.05) is 20.8 Å². The first-order chi connectivity index (χ1) is 25.8. The standard InChI is InChI=1S/C38H38F3N5O8/c1-21(2)34(49)44-29-18-27(47)30-33(43-29)46(20-42-30)35-32(48)31(45-36(50)38(39,40)41)28(54-35)19-53-37(22-8-6-5-7-9-22,23-10-14-25(51-3)15-11-23)24-12-16-26(52-4)17-13-24/h5-17,20-21,28,31-32,35,48H,18-19H2,1-4H3,(H,45,50)(H,43,44,49)/t28-,31-,32-,35-/m1/s1. The maximum atomic E-state index is 13.7. The van der Waals surface area contributed by atoms with Gasteiger partial charge >= 0.3 is 12.1 Å². The van der Waals surface area contributed by atoms with E-state index in [0.29, 0.717) is 28.2 Å². The van der Waals surface area contributed by atoms with E-state index in [-0.39, 0.29) is 23.8 Å². The zero-order valence-corrected chi connectivity index (χ0v) is 29.7. The molecule has 0 saturated carbocycles. The van der Waals surface area contributed by atoms with Gasteiger partial charge in [0.05, 0.1) is 39.6 Å². The number of nitrogens with one attached hydrogen (secondary N) is 2. The van der Waals surface area contributed by atoms with Gasteiger partial charge in [-0.1, -0.05) is 68.4 Å². The average molecular weight is 750 g/mol. The number of ether oxygens (including phenoxy) is 4. The number of amides is 2. The normalized spacial score (nSPS) is 19.9. The minimum atomic E-state index is -5.29. The van der Waals surface area contributed by atoms with Crippen molar-refractivity contribution in [2.24, 2.45) is 10.9 Å². The van der Waals surface area contributed by atoms with Crippen molar-refractivity contribution >= 4 is 29.3 Å². The molecule has 1 saturated heterocycles. The molecule has 16 heteroatoms. The second-order valence-corrected chi connectivity index (χ2v) is 13.0. The fourth-order valence-electron chi connectivity index (χ4n) is 6.42. The van der Waals surface area contributed by atoms with Gasteiger partial charge in [0.1, 0.15) is 35.1 Å². The predicted molar refractivity (Wildman–Crippen MR) is 187 cm³/mol. The number of Topliss-reactive ketones (excluding diaryl/α,β-unsaturated/α-hetero) is 1. The topological polar surface area (TPSA) is 163 Å². The number of carbonyl (C=O) groups excluding carboxylic acids is 3. The number of nitrogens with zero attached hydrogens (tertiary/aromatic N) is 3. The number of fused-ring (bicyclic) bond motifs is 1. The summed E-state index contributed by atoms with van der Waals surface area (Å²) >= 11 is 0. The Morgan fingerprint density at radius 1 is 0.944 bits per heavy atom. The van der Waals surface area contributed by atoms with Crippen LogP contribution in [0.5, 0.6) is 11.5 Å². The highest BCUT2D eigenvalue weighted by Gasteiger charge is 2.51. The summed E-state index contributed by atoms with van der Waals surface area (Å²) in [6.45, 7) is 2.84. The number of amidine groups is 1. The van der Waals surface area contributed by atoms with Gasteiger partial charge in [-0.2, -0.15) is 13.2 Å². The van der Waals surface area contributed by atoms with Gasteiger partial charge in [-0.3, -0.25) is 19.0 Å². The van der Waals surface area contributed by atoms with E-state index in [1.807, 2.05) is 23.5 Å².